The van der Waals surface area contributed by atoms with Gasteiger partial charge in [-0.1, -0.05) is 54.6 Å². The third-order valence-electron chi connectivity index (χ3n) is 4.00. The highest BCUT2D eigenvalue weighted by Crippen LogP contribution is 2.30. The predicted octanol–water partition coefficient (Wildman–Crippen LogP) is 5.94. The number of carbonyl (C=O) groups is 1. The van der Waals surface area contributed by atoms with E-state index >= 15 is 0 Å². The SMILES string of the molecule is O=C(Cc1cccc(C(F)(F)F)c1)c1ccc(-c2ccc(F)cc2)cc1. The number of rotatable bonds is 4. The van der Waals surface area contributed by atoms with Gasteiger partial charge in [0.05, 0.1) is 5.56 Å². The highest BCUT2D eigenvalue weighted by Gasteiger charge is 2.30. The van der Waals surface area contributed by atoms with Gasteiger partial charge in [0.15, 0.2) is 5.78 Å². The van der Waals surface area contributed by atoms with Crippen LogP contribution in [0.5, 0.6) is 0 Å². The summed E-state index contributed by atoms with van der Waals surface area (Å²) in [6.07, 6.45) is -4.55. The van der Waals surface area contributed by atoms with Gasteiger partial charge in [0.25, 0.3) is 0 Å². The maximum absolute atomic E-state index is 13.0. The van der Waals surface area contributed by atoms with Crippen molar-refractivity contribution >= 4 is 5.78 Å². The van der Waals surface area contributed by atoms with E-state index in [1.807, 2.05) is 0 Å². The van der Waals surface area contributed by atoms with Crippen molar-refractivity contribution in [2.24, 2.45) is 0 Å². The summed E-state index contributed by atoms with van der Waals surface area (Å²) < 4.78 is 51.2. The molecule has 0 heterocycles. The number of alkyl halides is 3. The number of hydrogen-bond donors (Lipinski definition) is 0. The van der Waals surface area contributed by atoms with E-state index in [2.05, 4.69) is 0 Å². The molecule has 26 heavy (non-hydrogen) atoms. The highest BCUT2D eigenvalue weighted by molar-refractivity contribution is 5.97. The number of carbonyl (C=O) groups excluding carboxylic acids is 1. The molecule has 0 atom stereocenters. The van der Waals surface area contributed by atoms with Gasteiger partial charge in [-0.2, -0.15) is 13.2 Å². The molecule has 3 aromatic rings. The first-order valence-electron chi connectivity index (χ1n) is 7.88. The van der Waals surface area contributed by atoms with Crippen LogP contribution in [0.4, 0.5) is 17.6 Å². The molecule has 1 nitrogen and oxygen atoms in total. The smallest absolute Gasteiger partial charge is 0.294 e. The standard InChI is InChI=1S/C21H14F4O/c22-19-10-8-16(9-11-19)15-4-6-17(7-5-15)20(26)13-14-2-1-3-18(12-14)21(23,24)25/h1-12H,13H2. The molecule has 0 amide bonds. The zero-order valence-corrected chi connectivity index (χ0v) is 13.6. The summed E-state index contributed by atoms with van der Waals surface area (Å²) in [4.78, 5) is 12.3. The zero-order chi connectivity index (χ0) is 18.7. The van der Waals surface area contributed by atoms with Crippen molar-refractivity contribution in [3.05, 3.63) is 95.3 Å². The second kappa shape index (κ2) is 7.12. The van der Waals surface area contributed by atoms with Crippen LogP contribution in [0.25, 0.3) is 11.1 Å². The van der Waals surface area contributed by atoms with Crippen LogP contribution >= 0.6 is 0 Å². The Kier molecular flexibility index (Phi) is 4.89. The van der Waals surface area contributed by atoms with E-state index in [0.29, 0.717) is 11.1 Å². The predicted molar refractivity (Wildman–Crippen MR) is 91.3 cm³/mol. The van der Waals surface area contributed by atoms with E-state index in [4.69, 9.17) is 0 Å². The molecule has 0 aliphatic rings. The molecule has 0 aliphatic heterocycles. The lowest BCUT2D eigenvalue weighted by Gasteiger charge is -2.09. The van der Waals surface area contributed by atoms with E-state index in [-0.39, 0.29) is 18.0 Å². The lowest BCUT2D eigenvalue weighted by Crippen LogP contribution is -2.08. The molecule has 0 bridgehead atoms. The normalized spacial score (nSPS) is 11.4. The second-order valence-corrected chi connectivity index (χ2v) is 5.88. The van der Waals surface area contributed by atoms with Gasteiger partial charge in [-0.3, -0.25) is 4.79 Å². The molecular weight excluding hydrogens is 344 g/mol. The number of halogens is 4. The third-order valence-corrected chi connectivity index (χ3v) is 4.00. The minimum Gasteiger partial charge on any atom is -0.294 e. The van der Waals surface area contributed by atoms with Gasteiger partial charge in [0.1, 0.15) is 5.82 Å². The first-order valence-corrected chi connectivity index (χ1v) is 7.88. The Labute approximate surface area is 147 Å². The van der Waals surface area contributed by atoms with Crippen molar-refractivity contribution < 1.29 is 22.4 Å². The highest BCUT2D eigenvalue weighted by atomic mass is 19.4. The van der Waals surface area contributed by atoms with E-state index < -0.39 is 11.7 Å². The molecule has 0 saturated carbocycles. The molecule has 0 N–H and O–H groups in total. The second-order valence-electron chi connectivity index (χ2n) is 5.88. The Morgan fingerprint density at radius 2 is 1.38 bits per heavy atom. The van der Waals surface area contributed by atoms with Crippen molar-refractivity contribution in [2.75, 3.05) is 0 Å². The summed E-state index contributed by atoms with van der Waals surface area (Å²) in [6, 6.07) is 17.4. The van der Waals surface area contributed by atoms with E-state index in [0.717, 1.165) is 23.3 Å². The number of Topliss-reactive ketones (excluding diaryl/α,β-unsaturated/α-hetero) is 1. The summed E-state index contributed by atoms with van der Waals surface area (Å²) >= 11 is 0. The summed E-state index contributed by atoms with van der Waals surface area (Å²) in [7, 11) is 0. The molecule has 3 rings (SSSR count). The molecule has 0 spiro atoms. The average molecular weight is 358 g/mol. The van der Waals surface area contributed by atoms with Crippen LogP contribution < -0.4 is 0 Å². The van der Waals surface area contributed by atoms with Crippen LogP contribution in [-0.4, -0.2) is 5.78 Å². The molecule has 5 heteroatoms. The van der Waals surface area contributed by atoms with Crippen molar-refractivity contribution in [1.82, 2.24) is 0 Å². The third kappa shape index (κ3) is 4.17. The molecule has 0 radical (unpaired) electrons. The quantitative estimate of drug-likeness (QED) is 0.417. The summed E-state index contributed by atoms with van der Waals surface area (Å²) in [5.41, 5.74) is 1.58. The topological polar surface area (TPSA) is 17.1 Å². The maximum atomic E-state index is 13.0. The van der Waals surface area contributed by atoms with Gasteiger partial charge >= 0.3 is 6.18 Å². The lowest BCUT2D eigenvalue weighted by molar-refractivity contribution is -0.137. The maximum Gasteiger partial charge on any atom is 0.416 e. The van der Waals surface area contributed by atoms with E-state index in [1.165, 1.54) is 24.3 Å². The van der Waals surface area contributed by atoms with Gasteiger partial charge in [-0.05, 0) is 34.9 Å². The van der Waals surface area contributed by atoms with Crippen molar-refractivity contribution in [3.63, 3.8) is 0 Å². The van der Waals surface area contributed by atoms with Crippen LogP contribution in [-0.2, 0) is 12.6 Å². The first-order chi connectivity index (χ1) is 12.3. The fourth-order valence-electron chi connectivity index (χ4n) is 2.64. The van der Waals surface area contributed by atoms with Crippen molar-refractivity contribution in [1.29, 1.82) is 0 Å². The largest absolute Gasteiger partial charge is 0.416 e. The monoisotopic (exact) mass is 358 g/mol. The Hall–Kier alpha value is -2.95. The molecule has 132 valence electrons. The molecule has 0 unspecified atom stereocenters. The van der Waals surface area contributed by atoms with Gasteiger partial charge in [-0.25, -0.2) is 4.39 Å². The Morgan fingerprint density at radius 1 is 0.808 bits per heavy atom. The van der Waals surface area contributed by atoms with Crippen LogP contribution in [0.2, 0.25) is 0 Å². The molecule has 0 fully saturated rings. The van der Waals surface area contributed by atoms with Gasteiger partial charge in [0, 0.05) is 12.0 Å². The molecule has 0 saturated heterocycles. The molecule has 0 aromatic heterocycles. The molecule has 0 aliphatic carbocycles. The first kappa shape index (κ1) is 17.9. The Bertz CT molecular complexity index is 910. The van der Waals surface area contributed by atoms with Gasteiger partial charge < -0.3 is 0 Å². The zero-order valence-electron chi connectivity index (χ0n) is 13.6. The van der Waals surface area contributed by atoms with Crippen molar-refractivity contribution in [2.45, 2.75) is 12.6 Å². The number of hydrogen-bond acceptors (Lipinski definition) is 1. The minimum atomic E-state index is -4.43. The fraction of sp³-hybridized carbons (Fsp3) is 0.0952. The summed E-state index contributed by atoms with van der Waals surface area (Å²) in [5, 5.41) is 0. The van der Waals surface area contributed by atoms with Crippen LogP contribution in [0.15, 0.2) is 72.8 Å². The Morgan fingerprint density at radius 3 is 1.96 bits per heavy atom. The molecular formula is C21H14F4O. The summed E-state index contributed by atoms with van der Waals surface area (Å²) in [6.45, 7) is 0. The van der Waals surface area contributed by atoms with E-state index in [9.17, 15) is 22.4 Å². The van der Waals surface area contributed by atoms with Crippen LogP contribution in [0, 0.1) is 5.82 Å². The molecule has 3 aromatic carbocycles. The number of ketones is 1. The summed E-state index contributed by atoms with van der Waals surface area (Å²) in [5.74, 6) is -0.600. The Balaban J connectivity index is 1.75. The van der Waals surface area contributed by atoms with E-state index in [1.54, 1.807) is 36.4 Å². The van der Waals surface area contributed by atoms with Crippen LogP contribution in [0.1, 0.15) is 21.5 Å². The number of benzene rings is 3. The average Bonchev–Trinajstić information content (AvgIpc) is 2.62. The van der Waals surface area contributed by atoms with Crippen molar-refractivity contribution in [3.8, 4) is 11.1 Å². The minimum absolute atomic E-state index is 0.111. The van der Waals surface area contributed by atoms with Gasteiger partial charge in [0.2, 0.25) is 0 Å². The van der Waals surface area contributed by atoms with Crippen LogP contribution in [0.3, 0.4) is 0 Å². The fourth-order valence-corrected chi connectivity index (χ4v) is 2.64. The lowest BCUT2D eigenvalue weighted by atomic mass is 9.98. The van der Waals surface area contributed by atoms with Gasteiger partial charge in [-0.15, -0.1) is 0 Å².